The monoisotopic (exact) mass is 415 g/mol. The van der Waals surface area contributed by atoms with E-state index in [1.54, 1.807) is 0 Å². The van der Waals surface area contributed by atoms with Crippen LogP contribution in [0.25, 0.3) is 11.1 Å². The van der Waals surface area contributed by atoms with Crippen LogP contribution in [0.5, 0.6) is 0 Å². The zero-order valence-electron chi connectivity index (χ0n) is 18.2. The number of nitrogens with zero attached hydrogens (tertiary/aromatic N) is 3. The summed E-state index contributed by atoms with van der Waals surface area (Å²) in [5.74, 6) is -0.0612. The van der Waals surface area contributed by atoms with Crippen LogP contribution >= 0.6 is 0 Å². The molecule has 160 valence electrons. The molecule has 0 spiro atoms. The molecule has 6 heteroatoms. The zero-order chi connectivity index (χ0) is 21.8. The van der Waals surface area contributed by atoms with Gasteiger partial charge in [-0.15, -0.1) is 0 Å². The Hall–Kier alpha value is -3.41. The van der Waals surface area contributed by atoms with E-state index in [0.717, 1.165) is 49.7 Å². The topological polar surface area (TPSA) is 71.8 Å². The van der Waals surface area contributed by atoms with Crippen LogP contribution in [0.15, 0.2) is 65.3 Å². The molecule has 1 amide bonds. The lowest BCUT2D eigenvalue weighted by Crippen LogP contribution is -2.46. The maximum absolute atomic E-state index is 11.3. The third-order valence-electron chi connectivity index (χ3n) is 5.67. The van der Waals surface area contributed by atoms with Crippen LogP contribution in [0.3, 0.4) is 0 Å². The van der Waals surface area contributed by atoms with Crippen LogP contribution in [0.4, 0.5) is 11.4 Å². The van der Waals surface area contributed by atoms with Crippen molar-refractivity contribution in [3.63, 3.8) is 0 Å². The predicted octanol–water partition coefficient (Wildman–Crippen LogP) is 4.20. The molecular weight excluding hydrogens is 386 g/mol. The average Bonchev–Trinajstić information content (AvgIpc) is 3.22. The molecule has 2 N–H and O–H groups in total. The second kappa shape index (κ2) is 9.16. The largest absolute Gasteiger partial charge is 0.370 e. The van der Waals surface area contributed by atoms with E-state index in [4.69, 9.17) is 5.41 Å². The molecule has 2 aliphatic heterocycles. The Balaban J connectivity index is 1.44. The number of benzene rings is 2. The van der Waals surface area contributed by atoms with Gasteiger partial charge in [-0.05, 0) is 36.8 Å². The van der Waals surface area contributed by atoms with Crippen LogP contribution in [-0.2, 0) is 4.79 Å². The lowest BCUT2D eigenvalue weighted by atomic mass is 10.0. The minimum atomic E-state index is -0.0612. The molecule has 0 atom stereocenters. The number of piperazine rings is 1. The van der Waals surface area contributed by atoms with E-state index in [1.165, 1.54) is 23.9 Å². The van der Waals surface area contributed by atoms with Gasteiger partial charge in [-0.25, -0.2) is 0 Å². The molecule has 0 saturated carbocycles. The van der Waals surface area contributed by atoms with E-state index in [-0.39, 0.29) is 5.91 Å². The third kappa shape index (κ3) is 5.02. The van der Waals surface area contributed by atoms with Crippen LogP contribution in [0, 0.1) is 5.41 Å². The summed E-state index contributed by atoms with van der Waals surface area (Å²) in [6.45, 7) is 7.93. The maximum Gasteiger partial charge on any atom is 0.221 e. The van der Waals surface area contributed by atoms with Gasteiger partial charge in [0, 0.05) is 73.6 Å². The van der Waals surface area contributed by atoms with Crippen molar-refractivity contribution in [3.05, 3.63) is 60.3 Å². The molecular formula is C25H29N5O. The number of hydrogen-bond donors (Lipinski definition) is 2. The second-order valence-corrected chi connectivity index (χ2v) is 8.15. The maximum atomic E-state index is 11.3. The number of amides is 1. The van der Waals surface area contributed by atoms with Crippen molar-refractivity contribution in [1.82, 2.24) is 4.90 Å². The lowest BCUT2D eigenvalue weighted by molar-refractivity contribution is -0.114. The van der Waals surface area contributed by atoms with Gasteiger partial charge in [0.2, 0.25) is 5.91 Å². The van der Waals surface area contributed by atoms with E-state index >= 15 is 0 Å². The number of nitrogens with one attached hydrogen (secondary N) is 2. The number of anilines is 2. The number of rotatable bonds is 6. The fourth-order valence-electron chi connectivity index (χ4n) is 4.20. The highest BCUT2D eigenvalue weighted by Gasteiger charge is 2.22. The summed E-state index contributed by atoms with van der Waals surface area (Å²) in [6.07, 6.45) is 2.82. The smallest absolute Gasteiger partial charge is 0.221 e. The molecule has 1 fully saturated rings. The van der Waals surface area contributed by atoms with Gasteiger partial charge in [0.15, 0.2) is 0 Å². The summed E-state index contributed by atoms with van der Waals surface area (Å²) in [7, 11) is 0. The van der Waals surface area contributed by atoms with E-state index in [0.29, 0.717) is 12.1 Å². The van der Waals surface area contributed by atoms with Crippen molar-refractivity contribution >= 4 is 28.7 Å². The Morgan fingerprint density at radius 1 is 1.00 bits per heavy atom. The summed E-state index contributed by atoms with van der Waals surface area (Å²) < 4.78 is 0. The van der Waals surface area contributed by atoms with Crippen LogP contribution in [0.2, 0.25) is 0 Å². The zero-order valence-corrected chi connectivity index (χ0v) is 18.2. The fourth-order valence-corrected chi connectivity index (χ4v) is 4.20. The SMILES string of the molecule is CC(=N)CC1=NCC(N2CCN(c3ccccc3-c3ccc(NC(C)=O)cc3)CC2)=C1. The molecule has 0 aromatic heterocycles. The molecule has 2 aromatic rings. The fraction of sp³-hybridized carbons (Fsp3) is 0.320. The summed E-state index contributed by atoms with van der Waals surface area (Å²) in [4.78, 5) is 20.7. The standard InChI is InChI=1S/C25H29N5O/c1-18(26)15-22-16-23(17-27-22)29-11-13-30(14-12-29)25-6-4-3-5-24(25)20-7-9-21(10-8-20)28-19(2)31/h3-10,16,26H,11-15,17H2,1-2H3,(H,28,31). The predicted molar refractivity (Wildman–Crippen MR) is 128 cm³/mol. The van der Waals surface area contributed by atoms with Gasteiger partial charge in [-0.3, -0.25) is 9.79 Å². The Morgan fingerprint density at radius 2 is 1.68 bits per heavy atom. The van der Waals surface area contributed by atoms with Gasteiger partial charge < -0.3 is 20.5 Å². The van der Waals surface area contributed by atoms with Crippen molar-refractivity contribution in [2.24, 2.45) is 4.99 Å². The van der Waals surface area contributed by atoms with E-state index in [9.17, 15) is 4.79 Å². The quantitative estimate of drug-likeness (QED) is 0.695. The van der Waals surface area contributed by atoms with E-state index in [1.807, 2.05) is 19.1 Å². The second-order valence-electron chi connectivity index (χ2n) is 8.15. The molecule has 4 rings (SSSR count). The first-order chi connectivity index (χ1) is 15.0. The Bertz CT molecular complexity index is 1030. The number of carbonyl (C=O) groups is 1. The Labute approximate surface area is 183 Å². The first-order valence-corrected chi connectivity index (χ1v) is 10.7. The normalized spacial score (nSPS) is 16.1. The van der Waals surface area contributed by atoms with Crippen LogP contribution in [0.1, 0.15) is 20.3 Å². The molecule has 2 aromatic carbocycles. The Kier molecular flexibility index (Phi) is 6.16. The molecule has 2 heterocycles. The number of aliphatic imine (C=N–C) groups is 1. The van der Waals surface area contributed by atoms with Crippen LogP contribution < -0.4 is 10.2 Å². The first kappa shape index (κ1) is 20.8. The van der Waals surface area contributed by atoms with Gasteiger partial charge in [-0.1, -0.05) is 30.3 Å². The summed E-state index contributed by atoms with van der Waals surface area (Å²) >= 11 is 0. The highest BCUT2D eigenvalue weighted by molar-refractivity contribution is 6.09. The summed E-state index contributed by atoms with van der Waals surface area (Å²) in [6, 6.07) is 16.5. The Morgan fingerprint density at radius 3 is 2.35 bits per heavy atom. The molecule has 31 heavy (non-hydrogen) atoms. The molecule has 2 aliphatic rings. The van der Waals surface area contributed by atoms with Gasteiger partial charge in [-0.2, -0.15) is 0 Å². The van der Waals surface area contributed by atoms with Crippen molar-refractivity contribution in [1.29, 1.82) is 5.41 Å². The molecule has 0 bridgehead atoms. The van der Waals surface area contributed by atoms with Gasteiger partial charge in [0.1, 0.15) is 0 Å². The molecule has 6 nitrogen and oxygen atoms in total. The van der Waals surface area contributed by atoms with Crippen LogP contribution in [-0.4, -0.2) is 55.0 Å². The molecule has 0 aliphatic carbocycles. The number of carbonyl (C=O) groups excluding carboxylic acids is 1. The molecule has 0 radical (unpaired) electrons. The minimum Gasteiger partial charge on any atom is -0.370 e. The lowest BCUT2D eigenvalue weighted by Gasteiger charge is -2.38. The van der Waals surface area contributed by atoms with Gasteiger partial charge in [0.05, 0.1) is 6.54 Å². The molecule has 0 unspecified atom stereocenters. The molecule has 1 saturated heterocycles. The third-order valence-corrected chi connectivity index (χ3v) is 5.67. The van der Waals surface area contributed by atoms with Crippen molar-refractivity contribution in [3.8, 4) is 11.1 Å². The van der Waals surface area contributed by atoms with Crippen molar-refractivity contribution < 1.29 is 4.79 Å². The summed E-state index contributed by atoms with van der Waals surface area (Å²) in [5, 5.41) is 10.5. The average molecular weight is 416 g/mol. The minimum absolute atomic E-state index is 0.0612. The number of hydrogen-bond acceptors (Lipinski definition) is 5. The first-order valence-electron chi connectivity index (χ1n) is 10.7. The van der Waals surface area contributed by atoms with E-state index < -0.39 is 0 Å². The van der Waals surface area contributed by atoms with Gasteiger partial charge >= 0.3 is 0 Å². The van der Waals surface area contributed by atoms with Gasteiger partial charge in [0.25, 0.3) is 0 Å². The van der Waals surface area contributed by atoms with E-state index in [2.05, 4.69) is 62.6 Å². The highest BCUT2D eigenvalue weighted by Crippen LogP contribution is 2.32. The highest BCUT2D eigenvalue weighted by atomic mass is 16.1. The number of para-hydroxylation sites is 1. The number of allylic oxidation sites excluding steroid dienone is 1. The summed E-state index contributed by atoms with van der Waals surface area (Å²) in [5.41, 5.74) is 7.36. The van der Waals surface area contributed by atoms with Crippen molar-refractivity contribution in [2.45, 2.75) is 20.3 Å². The van der Waals surface area contributed by atoms with Crippen molar-refractivity contribution in [2.75, 3.05) is 42.9 Å².